The van der Waals surface area contributed by atoms with Crippen molar-refractivity contribution in [3.8, 4) is 17.2 Å². The van der Waals surface area contributed by atoms with E-state index in [1.807, 2.05) is 48.7 Å². The average Bonchev–Trinajstić information content (AvgIpc) is 3.40. The minimum absolute atomic E-state index is 0.0684. The number of benzene rings is 2. The topological polar surface area (TPSA) is 118 Å². The highest BCUT2D eigenvalue weighted by Crippen LogP contribution is 2.39. The Morgan fingerprint density at radius 1 is 1.00 bits per heavy atom. The lowest BCUT2D eigenvalue weighted by atomic mass is 9.88. The predicted molar refractivity (Wildman–Crippen MR) is 169 cm³/mol. The first-order chi connectivity index (χ1) is 22.0. The predicted octanol–water partition coefficient (Wildman–Crippen LogP) is 4.08. The number of pyridine rings is 1. The third-order valence-electron chi connectivity index (χ3n) is 8.89. The van der Waals surface area contributed by atoms with Crippen LogP contribution in [0.15, 0.2) is 59.6 Å². The molecule has 4 heterocycles. The van der Waals surface area contributed by atoms with E-state index < -0.39 is 6.09 Å². The smallest absolute Gasteiger partial charge is 0.416 e. The second-order valence-corrected chi connectivity index (χ2v) is 11.5. The van der Waals surface area contributed by atoms with Crippen LogP contribution in [0.5, 0.6) is 17.2 Å². The number of rotatable bonds is 9. The molecule has 3 aromatic rings. The van der Waals surface area contributed by atoms with Crippen LogP contribution in [0.4, 0.5) is 27.8 Å². The van der Waals surface area contributed by atoms with Crippen LogP contribution in [-0.4, -0.2) is 81.8 Å². The van der Waals surface area contributed by atoms with E-state index >= 15 is 0 Å². The van der Waals surface area contributed by atoms with Crippen molar-refractivity contribution < 1.29 is 28.5 Å². The van der Waals surface area contributed by atoms with Crippen molar-refractivity contribution in [2.45, 2.75) is 44.0 Å². The van der Waals surface area contributed by atoms with Crippen LogP contribution >= 0.6 is 0 Å². The van der Waals surface area contributed by atoms with Crippen molar-refractivity contribution in [1.82, 2.24) is 10.3 Å². The number of hydrogen-bond acceptors (Lipinski definition) is 10. The minimum Gasteiger partial charge on any atom is -0.497 e. The summed E-state index contributed by atoms with van der Waals surface area (Å²) in [6.07, 6.45) is 3.66. The highest BCUT2D eigenvalue weighted by molar-refractivity contribution is 5.97. The fourth-order valence-electron chi connectivity index (χ4n) is 6.53. The summed E-state index contributed by atoms with van der Waals surface area (Å²) in [5.41, 5.74) is 2.93. The number of hydrogen-bond donors (Lipinski definition) is 1. The van der Waals surface area contributed by atoms with Crippen LogP contribution in [0.1, 0.15) is 24.8 Å². The van der Waals surface area contributed by atoms with E-state index in [4.69, 9.17) is 23.9 Å². The molecule has 4 aliphatic rings. The largest absolute Gasteiger partial charge is 0.497 e. The molecule has 2 fully saturated rings. The molecule has 2 aromatic carbocycles. The van der Waals surface area contributed by atoms with Gasteiger partial charge in [0.2, 0.25) is 0 Å². The molecule has 234 valence electrons. The summed E-state index contributed by atoms with van der Waals surface area (Å²) >= 11 is 0. The number of amides is 2. The maximum Gasteiger partial charge on any atom is 0.416 e. The molecule has 7 rings (SSSR count). The Labute approximate surface area is 261 Å². The molecule has 1 saturated carbocycles. The monoisotopic (exact) mass is 612 g/mol. The first kappa shape index (κ1) is 28.9. The van der Waals surface area contributed by atoms with E-state index in [-0.39, 0.29) is 30.7 Å². The molecule has 0 radical (unpaired) electrons. The van der Waals surface area contributed by atoms with Crippen LogP contribution in [0.25, 0.3) is 0 Å². The van der Waals surface area contributed by atoms with Gasteiger partial charge in [-0.3, -0.25) is 19.6 Å². The lowest BCUT2D eigenvalue weighted by Gasteiger charge is -2.34. The second-order valence-electron chi connectivity index (χ2n) is 11.5. The lowest BCUT2D eigenvalue weighted by molar-refractivity contribution is -0.121. The van der Waals surface area contributed by atoms with Gasteiger partial charge < -0.3 is 29.2 Å². The van der Waals surface area contributed by atoms with E-state index in [0.29, 0.717) is 23.9 Å². The van der Waals surface area contributed by atoms with Gasteiger partial charge in [0.05, 0.1) is 44.7 Å². The fraction of sp³-hybridized carbons (Fsp3) is 0.394. The van der Waals surface area contributed by atoms with Crippen molar-refractivity contribution in [2.24, 2.45) is 4.99 Å². The quantitative estimate of drug-likeness (QED) is 0.381. The Balaban J connectivity index is 0.999. The zero-order valence-corrected chi connectivity index (χ0v) is 25.3. The first-order valence-corrected chi connectivity index (χ1v) is 15.3. The molecular weight excluding hydrogens is 576 g/mol. The molecule has 3 aliphatic heterocycles. The maximum absolute atomic E-state index is 13.2. The summed E-state index contributed by atoms with van der Waals surface area (Å²) < 4.78 is 22.2. The molecule has 1 aliphatic carbocycles. The third kappa shape index (κ3) is 5.73. The number of aliphatic imine (C=N–C) groups is 1. The molecule has 3 atom stereocenters. The Morgan fingerprint density at radius 2 is 1.82 bits per heavy atom. The minimum atomic E-state index is -0.416. The molecule has 1 N–H and O–H groups in total. The van der Waals surface area contributed by atoms with E-state index in [2.05, 4.69) is 15.2 Å². The molecule has 0 bridgehead atoms. The van der Waals surface area contributed by atoms with Gasteiger partial charge in [0, 0.05) is 37.8 Å². The number of carbonyl (C=O) groups excluding carboxylic acids is 2. The molecule has 1 saturated heterocycles. The van der Waals surface area contributed by atoms with Crippen LogP contribution in [0.2, 0.25) is 0 Å². The Kier molecular flexibility index (Phi) is 7.88. The number of nitrogens with one attached hydrogen (secondary N) is 1. The lowest BCUT2D eigenvalue weighted by Crippen LogP contribution is -2.47. The molecule has 0 spiro atoms. The van der Waals surface area contributed by atoms with Crippen LogP contribution < -0.4 is 34.2 Å². The van der Waals surface area contributed by atoms with Gasteiger partial charge in [0.15, 0.2) is 18.2 Å². The number of anilines is 3. The van der Waals surface area contributed by atoms with Crippen molar-refractivity contribution in [3.63, 3.8) is 0 Å². The maximum atomic E-state index is 13.2. The third-order valence-corrected chi connectivity index (χ3v) is 8.89. The number of aromatic nitrogens is 1. The van der Waals surface area contributed by atoms with Crippen LogP contribution in [0.3, 0.4) is 0 Å². The Hall–Kier alpha value is -4.84. The highest BCUT2D eigenvalue weighted by atomic mass is 16.6. The van der Waals surface area contributed by atoms with Crippen LogP contribution in [0, 0.1) is 0 Å². The van der Waals surface area contributed by atoms with Gasteiger partial charge in [-0.05, 0) is 54.8 Å². The van der Waals surface area contributed by atoms with Crippen molar-refractivity contribution in [3.05, 3.63) is 60.2 Å². The summed E-state index contributed by atoms with van der Waals surface area (Å²) in [6.45, 7) is 2.60. The van der Waals surface area contributed by atoms with Gasteiger partial charge in [0.1, 0.15) is 23.4 Å². The Morgan fingerprint density at radius 3 is 2.64 bits per heavy atom. The summed E-state index contributed by atoms with van der Waals surface area (Å²) in [5, 5.41) is 3.68. The summed E-state index contributed by atoms with van der Waals surface area (Å²) in [4.78, 5) is 41.0. The van der Waals surface area contributed by atoms with Gasteiger partial charge in [-0.25, -0.2) is 9.78 Å². The summed E-state index contributed by atoms with van der Waals surface area (Å²) in [7, 11) is 3.28. The molecule has 12 heteroatoms. The van der Waals surface area contributed by atoms with Crippen molar-refractivity contribution in [2.75, 3.05) is 55.2 Å². The van der Waals surface area contributed by atoms with Crippen molar-refractivity contribution in [1.29, 1.82) is 0 Å². The standard InChI is InChI=1S/C33H36N6O6/c1-42-23-6-3-21(4-7-23)19-38-31(40)20-44-28-11-12-30(36-32(28)38)39-26-10-5-22(17-29(26)45-33(39)41)34-13-15-37-16-14-35-25-9-8-24(43-2)18-27(25)37/h3-4,6-9,11-12,14,18,22,26,29,34H,5,10,13,15-17,19-20H2,1-2H3/t22-,26-,29-/m1/s1. The molecule has 45 heavy (non-hydrogen) atoms. The SMILES string of the molecule is COc1ccc(CN2C(=O)COc3ccc(N4C(=O)O[C@@H]5C[C@H](NCCN6CC=Nc7ccc(OC)cc76)CC[C@H]54)nc32)cc1. The summed E-state index contributed by atoms with van der Waals surface area (Å²) in [6, 6.07) is 17.1. The first-order valence-electron chi connectivity index (χ1n) is 15.3. The number of nitrogens with zero attached hydrogens (tertiary/aromatic N) is 5. The average molecular weight is 613 g/mol. The number of methoxy groups -OCH3 is 2. The number of fused-ring (bicyclic) bond motifs is 3. The van der Waals surface area contributed by atoms with Crippen molar-refractivity contribution >= 4 is 41.2 Å². The molecule has 0 unspecified atom stereocenters. The molecule has 12 nitrogen and oxygen atoms in total. The zero-order valence-electron chi connectivity index (χ0n) is 25.3. The van der Waals surface area contributed by atoms with E-state index in [0.717, 1.165) is 67.3 Å². The summed E-state index contributed by atoms with van der Waals surface area (Å²) in [5.74, 6) is 2.71. The molecular formula is C33H36N6O6. The highest BCUT2D eigenvalue weighted by Gasteiger charge is 2.47. The van der Waals surface area contributed by atoms with Crippen LogP contribution in [-0.2, 0) is 16.1 Å². The van der Waals surface area contributed by atoms with Gasteiger partial charge in [0.25, 0.3) is 5.91 Å². The zero-order chi connectivity index (χ0) is 30.9. The molecule has 1 aromatic heterocycles. The normalized spacial score (nSPS) is 21.9. The van der Waals surface area contributed by atoms with E-state index in [1.165, 1.54) is 0 Å². The Bertz CT molecular complexity index is 1610. The number of ether oxygens (including phenoxy) is 4. The van der Waals surface area contributed by atoms with E-state index in [9.17, 15) is 9.59 Å². The fourth-order valence-corrected chi connectivity index (χ4v) is 6.53. The molecule has 2 amide bonds. The van der Waals surface area contributed by atoms with Gasteiger partial charge in [-0.2, -0.15) is 0 Å². The van der Waals surface area contributed by atoms with Gasteiger partial charge >= 0.3 is 6.09 Å². The number of carbonyl (C=O) groups is 2. The van der Waals surface area contributed by atoms with Gasteiger partial charge in [-0.1, -0.05) is 12.1 Å². The van der Waals surface area contributed by atoms with Gasteiger partial charge in [-0.15, -0.1) is 0 Å². The van der Waals surface area contributed by atoms with E-state index in [1.54, 1.807) is 36.2 Å². The second kappa shape index (κ2) is 12.3.